The second-order valence-electron chi connectivity index (χ2n) is 9.24. The second-order valence-corrected chi connectivity index (χ2v) is 9.24. The molecule has 3 amide bonds. The average molecular weight is 524 g/mol. The van der Waals surface area contributed by atoms with E-state index in [2.05, 4.69) is 10.6 Å². The number of nitrogens with zero attached hydrogens (tertiary/aromatic N) is 1. The van der Waals surface area contributed by atoms with Gasteiger partial charge in [0.2, 0.25) is 0 Å². The number of cyclic esters (lactones) is 1. The molecule has 2 unspecified atom stereocenters. The second kappa shape index (κ2) is 11.2. The third-order valence-electron chi connectivity index (χ3n) is 6.60. The Morgan fingerprint density at radius 3 is 2.13 bits per heavy atom. The van der Waals surface area contributed by atoms with Crippen molar-refractivity contribution in [3.8, 4) is 0 Å². The molecule has 1 aliphatic rings. The van der Waals surface area contributed by atoms with Gasteiger partial charge in [-0.05, 0) is 72.1 Å². The molecular formula is C31H26FN3O4. The molecule has 5 rings (SSSR count). The minimum Gasteiger partial charge on any atom is -0.438 e. The molecule has 4 aromatic rings. The standard InChI is InChI=1S/C31H26FN3O4/c1-20-7-5-6-10-23(20)19-35-27(30(37)34-26-17-13-24(32)14-18-26)28(39-31(35)38)21-11-15-25(16-12-21)33-29(36)22-8-3-2-4-9-22/h2-18,27-28H,19H2,1H3,(H,33,36)(H,34,37). The molecule has 1 saturated heterocycles. The third-order valence-corrected chi connectivity index (χ3v) is 6.60. The first-order valence-electron chi connectivity index (χ1n) is 12.4. The van der Waals surface area contributed by atoms with Gasteiger partial charge >= 0.3 is 6.09 Å². The number of hydrogen-bond donors (Lipinski definition) is 2. The molecule has 8 heteroatoms. The maximum atomic E-state index is 13.5. The van der Waals surface area contributed by atoms with E-state index >= 15 is 0 Å². The lowest BCUT2D eigenvalue weighted by Crippen LogP contribution is -2.43. The van der Waals surface area contributed by atoms with E-state index in [1.54, 1.807) is 48.5 Å². The van der Waals surface area contributed by atoms with Crippen LogP contribution in [0.5, 0.6) is 0 Å². The van der Waals surface area contributed by atoms with Gasteiger partial charge in [0.25, 0.3) is 11.8 Å². The van der Waals surface area contributed by atoms with Crippen LogP contribution < -0.4 is 10.6 Å². The molecule has 2 atom stereocenters. The Morgan fingerprint density at radius 1 is 0.821 bits per heavy atom. The maximum absolute atomic E-state index is 13.5. The van der Waals surface area contributed by atoms with E-state index in [4.69, 9.17) is 4.74 Å². The van der Waals surface area contributed by atoms with Crippen molar-refractivity contribution in [2.24, 2.45) is 0 Å². The van der Waals surface area contributed by atoms with Crippen LogP contribution in [-0.4, -0.2) is 28.8 Å². The van der Waals surface area contributed by atoms with Gasteiger partial charge in [0.05, 0.1) is 6.54 Å². The topological polar surface area (TPSA) is 87.7 Å². The molecule has 0 aromatic heterocycles. The molecule has 4 aromatic carbocycles. The highest BCUT2D eigenvalue weighted by Gasteiger charge is 2.47. The van der Waals surface area contributed by atoms with E-state index in [-0.39, 0.29) is 12.5 Å². The molecule has 0 spiro atoms. The van der Waals surface area contributed by atoms with Crippen LogP contribution in [-0.2, 0) is 16.1 Å². The number of aryl methyl sites for hydroxylation is 1. The summed E-state index contributed by atoms with van der Waals surface area (Å²) in [6.07, 6.45) is -1.52. The summed E-state index contributed by atoms with van der Waals surface area (Å²) < 4.78 is 19.1. The SMILES string of the molecule is Cc1ccccc1CN1C(=O)OC(c2ccc(NC(=O)c3ccccc3)cc2)C1C(=O)Nc1ccc(F)cc1. The summed E-state index contributed by atoms with van der Waals surface area (Å²) in [5.41, 5.74) is 3.93. The predicted molar refractivity (Wildman–Crippen MR) is 146 cm³/mol. The van der Waals surface area contributed by atoms with Crippen LogP contribution in [0.2, 0.25) is 0 Å². The van der Waals surface area contributed by atoms with Gasteiger partial charge < -0.3 is 15.4 Å². The van der Waals surface area contributed by atoms with Gasteiger partial charge in [-0.2, -0.15) is 0 Å². The average Bonchev–Trinajstić information content (AvgIpc) is 3.27. The number of amides is 3. The summed E-state index contributed by atoms with van der Waals surface area (Å²) in [5, 5.41) is 5.62. The minimum absolute atomic E-state index is 0.175. The van der Waals surface area contributed by atoms with Crippen molar-refractivity contribution in [1.82, 2.24) is 4.90 Å². The molecule has 0 radical (unpaired) electrons. The first-order valence-corrected chi connectivity index (χ1v) is 12.4. The number of benzene rings is 4. The molecule has 7 nitrogen and oxygen atoms in total. The monoisotopic (exact) mass is 523 g/mol. The summed E-state index contributed by atoms with van der Waals surface area (Å²) in [4.78, 5) is 40.5. The number of rotatable bonds is 7. The molecule has 39 heavy (non-hydrogen) atoms. The molecule has 0 aliphatic carbocycles. The van der Waals surface area contributed by atoms with Crippen LogP contribution in [0.1, 0.15) is 33.2 Å². The van der Waals surface area contributed by atoms with Crippen molar-refractivity contribution in [3.05, 3.63) is 131 Å². The quantitative estimate of drug-likeness (QED) is 0.307. The van der Waals surface area contributed by atoms with Crippen molar-refractivity contribution >= 4 is 29.3 Å². The van der Waals surface area contributed by atoms with E-state index in [9.17, 15) is 18.8 Å². The number of nitrogens with one attached hydrogen (secondary N) is 2. The molecule has 196 valence electrons. The fraction of sp³-hybridized carbons (Fsp3) is 0.129. The Morgan fingerprint density at radius 2 is 1.44 bits per heavy atom. The lowest BCUT2D eigenvalue weighted by molar-refractivity contribution is -0.121. The van der Waals surface area contributed by atoms with Crippen molar-refractivity contribution in [2.45, 2.75) is 25.6 Å². The fourth-order valence-electron chi connectivity index (χ4n) is 4.48. The highest BCUT2D eigenvalue weighted by atomic mass is 19.1. The highest BCUT2D eigenvalue weighted by molar-refractivity contribution is 6.04. The van der Waals surface area contributed by atoms with Crippen molar-refractivity contribution < 1.29 is 23.5 Å². The van der Waals surface area contributed by atoms with Crippen molar-refractivity contribution in [1.29, 1.82) is 0 Å². The number of anilines is 2. The zero-order chi connectivity index (χ0) is 27.4. The van der Waals surface area contributed by atoms with Gasteiger partial charge in [-0.1, -0.05) is 54.6 Å². The molecule has 0 saturated carbocycles. The number of carbonyl (C=O) groups excluding carboxylic acids is 3. The Labute approximate surface area is 225 Å². The first kappa shape index (κ1) is 25.7. The van der Waals surface area contributed by atoms with Crippen molar-refractivity contribution in [3.63, 3.8) is 0 Å². The van der Waals surface area contributed by atoms with Crippen molar-refractivity contribution in [2.75, 3.05) is 10.6 Å². The smallest absolute Gasteiger partial charge is 0.411 e. The van der Waals surface area contributed by atoms with E-state index in [1.807, 2.05) is 37.3 Å². The number of hydrogen-bond acceptors (Lipinski definition) is 4. The molecule has 0 bridgehead atoms. The highest BCUT2D eigenvalue weighted by Crippen LogP contribution is 2.35. The van der Waals surface area contributed by atoms with E-state index < -0.39 is 30.0 Å². The number of halogens is 1. The summed E-state index contributed by atoms with van der Waals surface area (Å²) in [5.74, 6) is -1.14. The van der Waals surface area contributed by atoms with Crippen LogP contribution in [0.4, 0.5) is 20.6 Å². The zero-order valence-corrected chi connectivity index (χ0v) is 21.1. The summed E-state index contributed by atoms with van der Waals surface area (Å²) in [7, 11) is 0. The Kier molecular flexibility index (Phi) is 7.36. The largest absolute Gasteiger partial charge is 0.438 e. The van der Waals surface area contributed by atoms with Crippen LogP contribution in [0.25, 0.3) is 0 Å². The van der Waals surface area contributed by atoms with Crippen LogP contribution >= 0.6 is 0 Å². The van der Waals surface area contributed by atoms with Crippen LogP contribution in [0, 0.1) is 12.7 Å². The molecule has 1 fully saturated rings. The molecule has 2 N–H and O–H groups in total. The van der Waals surface area contributed by atoms with Gasteiger partial charge in [0.1, 0.15) is 5.82 Å². The predicted octanol–water partition coefficient (Wildman–Crippen LogP) is 6.09. The lowest BCUT2D eigenvalue weighted by Gasteiger charge is -2.25. The van der Waals surface area contributed by atoms with Gasteiger partial charge in [0, 0.05) is 16.9 Å². The zero-order valence-electron chi connectivity index (χ0n) is 21.1. The Bertz CT molecular complexity index is 1490. The van der Waals surface area contributed by atoms with Crippen LogP contribution in [0.3, 0.4) is 0 Å². The maximum Gasteiger partial charge on any atom is 0.411 e. The third kappa shape index (κ3) is 5.80. The molecule has 1 aliphatic heterocycles. The van der Waals surface area contributed by atoms with E-state index in [1.165, 1.54) is 29.2 Å². The summed E-state index contributed by atoms with van der Waals surface area (Å²) >= 11 is 0. The van der Waals surface area contributed by atoms with Gasteiger partial charge in [-0.25, -0.2) is 9.18 Å². The summed E-state index contributed by atoms with van der Waals surface area (Å²) in [6, 6.07) is 27.7. The molecule has 1 heterocycles. The first-order chi connectivity index (χ1) is 18.9. The van der Waals surface area contributed by atoms with E-state index in [0.717, 1.165) is 11.1 Å². The van der Waals surface area contributed by atoms with Crippen LogP contribution in [0.15, 0.2) is 103 Å². The Balaban J connectivity index is 1.40. The van der Waals surface area contributed by atoms with Gasteiger partial charge in [0.15, 0.2) is 12.1 Å². The lowest BCUT2D eigenvalue weighted by atomic mass is 9.99. The number of ether oxygens (including phenoxy) is 1. The Hall–Kier alpha value is -4.98. The van der Waals surface area contributed by atoms with Gasteiger partial charge in [-0.15, -0.1) is 0 Å². The fourth-order valence-corrected chi connectivity index (χ4v) is 4.48. The summed E-state index contributed by atoms with van der Waals surface area (Å²) in [6.45, 7) is 2.11. The number of carbonyl (C=O) groups is 3. The normalized spacial score (nSPS) is 16.5. The van der Waals surface area contributed by atoms with E-state index in [0.29, 0.717) is 22.5 Å². The minimum atomic E-state index is -0.994. The van der Waals surface area contributed by atoms with Gasteiger partial charge in [-0.3, -0.25) is 14.5 Å². The molecular weight excluding hydrogens is 497 g/mol.